The zero-order valence-corrected chi connectivity index (χ0v) is 17.1. The molecule has 150 valence electrons. The summed E-state index contributed by atoms with van der Waals surface area (Å²) in [6.07, 6.45) is 2.34. The molecule has 1 N–H and O–H groups in total. The first kappa shape index (κ1) is 21.5. The van der Waals surface area contributed by atoms with E-state index in [0.717, 1.165) is 30.4 Å². The number of hydrogen-bond acceptors (Lipinski definition) is 4. The Hall–Kier alpha value is -2.82. The van der Waals surface area contributed by atoms with Gasteiger partial charge in [0.05, 0.1) is 12.2 Å². The Balaban J connectivity index is 1.88. The molecule has 0 aliphatic rings. The van der Waals surface area contributed by atoms with Gasteiger partial charge in [-0.1, -0.05) is 25.8 Å². The molecule has 0 heterocycles. The number of carbonyl (C=O) groups is 2. The van der Waals surface area contributed by atoms with E-state index in [-0.39, 0.29) is 11.9 Å². The average Bonchev–Trinajstić information content (AvgIpc) is 2.64. The summed E-state index contributed by atoms with van der Waals surface area (Å²) in [6, 6.07) is 12.5. The predicted octanol–water partition coefficient (Wildman–Crippen LogP) is 5.06. The molecule has 2 rings (SSSR count). The van der Waals surface area contributed by atoms with Gasteiger partial charge in [0, 0.05) is 5.69 Å². The molecule has 2 aromatic rings. The minimum absolute atomic E-state index is 0.256. The lowest BCUT2D eigenvalue weighted by atomic mass is 10.1. The standard InChI is InChI=1S/C23H29NO4/c1-5-6-7-12-27-23(26)19-8-10-20(11-9-19)24-22(25)18(4)28-21-14-16(2)13-17(3)15-21/h8-11,13-15,18H,5-7,12H2,1-4H3,(H,24,25). The summed E-state index contributed by atoms with van der Waals surface area (Å²) in [5, 5.41) is 2.80. The minimum Gasteiger partial charge on any atom is -0.481 e. The molecular formula is C23H29NO4. The molecule has 0 aromatic heterocycles. The Morgan fingerprint density at radius 2 is 1.64 bits per heavy atom. The monoisotopic (exact) mass is 383 g/mol. The molecule has 0 radical (unpaired) electrons. The molecule has 0 spiro atoms. The highest BCUT2D eigenvalue weighted by atomic mass is 16.5. The first-order chi connectivity index (χ1) is 13.4. The van der Waals surface area contributed by atoms with Crippen LogP contribution in [0.15, 0.2) is 42.5 Å². The van der Waals surface area contributed by atoms with Crippen molar-refractivity contribution in [3.05, 3.63) is 59.2 Å². The highest BCUT2D eigenvalue weighted by molar-refractivity contribution is 5.95. The van der Waals surface area contributed by atoms with Crippen LogP contribution in [0.5, 0.6) is 5.75 Å². The van der Waals surface area contributed by atoms with Gasteiger partial charge in [-0.05, 0) is 74.7 Å². The van der Waals surface area contributed by atoms with Gasteiger partial charge in [0.15, 0.2) is 6.10 Å². The third-order valence-electron chi connectivity index (χ3n) is 4.25. The summed E-state index contributed by atoms with van der Waals surface area (Å²) in [6.45, 7) is 8.21. The van der Waals surface area contributed by atoms with E-state index in [9.17, 15) is 9.59 Å². The lowest BCUT2D eigenvalue weighted by Crippen LogP contribution is -2.30. The van der Waals surface area contributed by atoms with Gasteiger partial charge in [-0.2, -0.15) is 0 Å². The Labute approximate surface area is 167 Å². The number of ether oxygens (including phenoxy) is 2. The van der Waals surface area contributed by atoms with E-state index in [1.54, 1.807) is 31.2 Å². The number of benzene rings is 2. The van der Waals surface area contributed by atoms with Crippen molar-refractivity contribution in [1.82, 2.24) is 0 Å². The first-order valence-corrected chi connectivity index (χ1v) is 9.72. The van der Waals surface area contributed by atoms with Crippen LogP contribution in [0.1, 0.15) is 54.6 Å². The van der Waals surface area contributed by atoms with Gasteiger partial charge in [-0.15, -0.1) is 0 Å². The van der Waals surface area contributed by atoms with Crippen LogP contribution in [0.3, 0.4) is 0 Å². The number of aryl methyl sites for hydroxylation is 2. The molecule has 0 fully saturated rings. The van der Waals surface area contributed by atoms with E-state index < -0.39 is 6.10 Å². The van der Waals surface area contributed by atoms with Crippen LogP contribution in [-0.2, 0) is 9.53 Å². The van der Waals surface area contributed by atoms with Crippen molar-refractivity contribution in [2.45, 2.75) is 53.1 Å². The van der Waals surface area contributed by atoms with E-state index in [2.05, 4.69) is 12.2 Å². The quantitative estimate of drug-likeness (QED) is 0.486. The molecule has 5 heteroatoms. The van der Waals surface area contributed by atoms with Crippen LogP contribution >= 0.6 is 0 Å². The second-order valence-corrected chi connectivity index (χ2v) is 6.99. The summed E-state index contributed by atoms with van der Waals surface area (Å²) in [5.74, 6) is 0.0656. The van der Waals surface area contributed by atoms with Crippen LogP contribution in [0.25, 0.3) is 0 Å². The Bertz CT molecular complexity index is 778. The molecule has 0 aliphatic heterocycles. The van der Waals surface area contributed by atoms with Crippen LogP contribution < -0.4 is 10.1 Å². The summed E-state index contributed by atoms with van der Waals surface area (Å²) in [5.41, 5.74) is 3.23. The first-order valence-electron chi connectivity index (χ1n) is 9.72. The van der Waals surface area contributed by atoms with E-state index in [1.165, 1.54) is 0 Å². The third kappa shape index (κ3) is 6.72. The van der Waals surface area contributed by atoms with Crippen molar-refractivity contribution in [3.63, 3.8) is 0 Å². The fraction of sp³-hybridized carbons (Fsp3) is 0.391. The number of amides is 1. The number of unbranched alkanes of at least 4 members (excludes halogenated alkanes) is 2. The van der Waals surface area contributed by atoms with Crippen LogP contribution in [0.2, 0.25) is 0 Å². The smallest absolute Gasteiger partial charge is 0.338 e. The van der Waals surface area contributed by atoms with Crippen molar-refractivity contribution in [3.8, 4) is 5.75 Å². The molecule has 1 amide bonds. The number of rotatable bonds is 9. The largest absolute Gasteiger partial charge is 0.481 e. The summed E-state index contributed by atoms with van der Waals surface area (Å²) in [7, 11) is 0. The van der Waals surface area contributed by atoms with Gasteiger partial charge in [-0.25, -0.2) is 4.79 Å². The highest BCUT2D eigenvalue weighted by Crippen LogP contribution is 2.18. The SMILES string of the molecule is CCCCCOC(=O)c1ccc(NC(=O)C(C)Oc2cc(C)cc(C)c2)cc1. The molecule has 28 heavy (non-hydrogen) atoms. The van der Waals surface area contributed by atoms with Gasteiger partial charge in [0.1, 0.15) is 5.75 Å². The normalized spacial score (nSPS) is 11.6. The zero-order valence-electron chi connectivity index (χ0n) is 17.1. The number of carbonyl (C=O) groups excluding carboxylic acids is 2. The topological polar surface area (TPSA) is 64.6 Å². The van der Waals surface area contributed by atoms with Crippen molar-refractivity contribution >= 4 is 17.6 Å². The molecular weight excluding hydrogens is 354 g/mol. The Kier molecular flexibility index (Phi) is 8.05. The molecule has 5 nitrogen and oxygen atoms in total. The lowest BCUT2D eigenvalue weighted by Gasteiger charge is -2.16. The predicted molar refractivity (Wildman–Crippen MR) is 111 cm³/mol. The maximum atomic E-state index is 12.4. The summed E-state index contributed by atoms with van der Waals surface area (Å²) >= 11 is 0. The van der Waals surface area contributed by atoms with Crippen LogP contribution in [0, 0.1) is 13.8 Å². The second-order valence-electron chi connectivity index (χ2n) is 6.99. The van der Waals surface area contributed by atoms with E-state index in [4.69, 9.17) is 9.47 Å². The van der Waals surface area contributed by atoms with Crippen LogP contribution in [0.4, 0.5) is 5.69 Å². The minimum atomic E-state index is -0.649. The summed E-state index contributed by atoms with van der Waals surface area (Å²) in [4.78, 5) is 24.4. The molecule has 0 saturated carbocycles. The maximum Gasteiger partial charge on any atom is 0.338 e. The molecule has 1 unspecified atom stereocenters. The number of nitrogens with one attached hydrogen (secondary N) is 1. The number of esters is 1. The Morgan fingerprint density at radius 3 is 2.25 bits per heavy atom. The van der Waals surface area contributed by atoms with Crippen molar-refractivity contribution in [2.24, 2.45) is 0 Å². The third-order valence-corrected chi connectivity index (χ3v) is 4.25. The van der Waals surface area contributed by atoms with Gasteiger partial charge in [0.25, 0.3) is 5.91 Å². The lowest BCUT2D eigenvalue weighted by molar-refractivity contribution is -0.122. The van der Waals surface area contributed by atoms with E-state index in [0.29, 0.717) is 23.6 Å². The Morgan fingerprint density at radius 1 is 1.00 bits per heavy atom. The fourth-order valence-corrected chi connectivity index (χ4v) is 2.79. The maximum absolute atomic E-state index is 12.4. The van der Waals surface area contributed by atoms with E-state index >= 15 is 0 Å². The van der Waals surface area contributed by atoms with Crippen molar-refractivity contribution < 1.29 is 19.1 Å². The molecule has 0 saturated heterocycles. The van der Waals surface area contributed by atoms with E-state index in [1.807, 2.05) is 32.0 Å². The number of anilines is 1. The summed E-state index contributed by atoms with van der Waals surface area (Å²) < 4.78 is 11.0. The molecule has 1 atom stereocenters. The second kappa shape index (κ2) is 10.5. The van der Waals surface area contributed by atoms with Crippen molar-refractivity contribution in [2.75, 3.05) is 11.9 Å². The molecule has 0 aliphatic carbocycles. The molecule has 0 bridgehead atoms. The van der Waals surface area contributed by atoms with Crippen LogP contribution in [-0.4, -0.2) is 24.6 Å². The number of hydrogen-bond donors (Lipinski definition) is 1. The van der Waals surface area contributed by atoms with Gasteiger partial charge < -0.3 is 14.8 Å². The fourth-order valence-electron chi connectivity index (χ4n) is 2.79. The van der Waals surface area contributed by atoms with Gasteiger partial charge in [-0.3, -0.25) is 4.79 Å². The average molecular weight is 383 g/mol. The zero-order chi connectivity index (χ0) is 20.5. The molecule has 2 aromatic carbocycles. The van der Waals surface area contributed by atoms with Gasteiger partial charge >= 0.3 is 5.97 Å². The van der Waals surface area contributed by atoms with Crippen molar-refractivity contribution in [1.29, 1.82) is 0 Å². The highest BCUT2D eigenvalue weighted by Gasteiger charge is 2.16. The van der Waals surface area contributed by atoms with Gasteiger partial charge in [0.2, 0.25) is 0 Å².